The molecular formula is C30H32N2O6. The number of benzene rings is 1. The van der Waals surface area contributed by atoms with Crippen LogP contribution >= 0.6 is 0 Å². The lowest BCUT2D eigenvalue weighted by molar-refractivity contribution is -0.137. The largest absolute Gasteiger partial charge is 0.508 e. The van der Waals surface area contributed by atoms with E-state index in [0.717, 1.165) is 28.0 Å². The number of carbonyl (C=O) groups excluding carboxylic acids is 3. The zero-order valence-corrected chi connectivity index (χ0v) is 21.8. The highest BCUT2D eigenvalue weighted by Crippen LogP contribution is 2.51. The van der Waals surface area contributed by atoms with Crippen LogP contribution in [0, 0.1) is 23.7 Å². The van der Waals surface area contributed by atoms with E-state index in [2.05, 4.69) is 24.9 Å². The van der Waals surface area contributed by atoms with Crippen molar-refractivity contribution in [3.63, 3.8) is 0 Å². The number of hydrogen-bond acceptors (Lipinski definition) is 7. The molecule has 0 saturated carbocycles. The first-order chi connectivity index (χ1) is 18.3. The van der Waals surface area contributed by atoms with Crippen LogP contribution in [0.3, 0.4) is 0 Å². The van der Waals surface area contributed by atoms with Crippen molar-refractivity contribution < 1.29 is 29.0 Å². The van der Waals surface area contributed by atoms with Crippen LogP contribution in [0.1, 0.15) is 44.4 Å². The molecule has 1 aromatic heterocycles. The highest BCUT2D eigenvalue weighted by atomic mass is 16.5. The molecule has 198 valence electrons. The predicted octanol–water partition coefficient (Wildman–Crippen LogP) is 4.85. The van der Waals surface area contributed by atoms with Crippen molar-refractivity contribution in [2.24, 2.45) is 23.7 Å². The number of imide groups is 3. The molecule has 4 atom stereocenters. The predicted molar refractivity (Wildman–Crippen MR) is 140 cm³/mol. The first kappa shape index (κ1) is 25.9. The number of likely N-dealkylation sites (tertiary alicyclic amines) is 1. The summed E-state index contributed by atoms with van der Waals surface area (Å²) in [7, 11) is 1.17. The third kappa shape index (κ3) is 4.65. The van der Waals surface area contributed by atoms with E-state index in [1.807, 2.05) is 30.3 Å². The van der Waals surface area contributed by atoms with Crippen LogP contribution in [0.4, 0.5) is 4.79 Å². The number of pyridine rings is 1. The van der Waals surface area contributed by atoms with Gasteiger partial charge >= 0.3 is 6.09 Å². The fraction of sp³-hybridized carbons (Fsp3) is 0.400. The fourth-order valence-electron chi connectivity index (χ4n) is 6.12. The Morgan fingerprint density at radius 3 is 2.58 bits per heavy atom. The minimum Gasteiger partial charge on any atom is -0.508 e. The molecule has 2 aromatic rings. The molecule has 2 saturated heterocycles. The standard InChI is InChI=1S/C30H32N2O6/c1-17(2)21-15-22-27(29(35)32(28(22)34)30(36)37-3)23-16-38-25(26(21)23)12-9-19(24-6-4-5-13-31-24)14-18-7-10-20(33)11-8-18/h4-8,10-11,13-14,17,22-23,25,27,33H,9,12,15-16H2,1-3H3/b19-14-/t22-,23+,25-,27-/m1/s1. The molecular weight excluding hydrogens is 484 g/mol. The first-order valence-corrected chi connectivity index (χ1v) is 13.0. The van der Waals surface area contributed by atoms with E-state index >= 15 is 0 Å². The summed E-state index contributed by atoms with van der Waals surface area (Å²) in [4.78, 5) is 43.8. The molecule has 5 rings (SSSR count). The molecule has 2 fully saturated rings. The number of ether oxygens (including phenoxy) is 2. The number of hydrogen-bond donors (Lipinski definition) is 1. The van der Waals surface area contributed by atoms with Crippen molar-refractivity contribution in [2.75, 3.05) is 13.7 Å². The Kier molecular flexibility index (Phi) is 7.17. The second-order valence-corrected chi connectivity index (χ2v) is 10.4. The highest BCUT2D eigenvalue weighted by Gasteiger charge is 2.59. The van der Waals surface area contributed by atoms with Gasteiger partial charge in [0.05, 0.1) is 37.4 Å². The molecule has 0 radical (unpaired) electrons. The minimum atomic E-state index is -0.920. The Labute approximate surface area is 222 Å². The molecule has 2 aliphatic heterocycles. The van der Waals surface area contributed by atoms with E-state index in [4.69, 9.17) is 9.47 Å². The number of aromatic nitrogens is 1. The number of allylic oxidation sites excluding steroid dienone is 2. The first-order valence-electron chi connectivity index (χ1n) is 13.0. The molecule has 3 heterocycles. The molecule has 38 heavy (non-hydrogen) atoms. The zero-order chi connectivity index (χ0) is 27.0. The highest BCUT2D eigenvalue weighted by molar-refractivity contribution is 6.16. The summed E-state index contributed by atoms with van der Waals surface area (Å²) < 4.78 is 11.0. The summed E-state index contributed by atoms with van der Waals surface area (Å²) >= 11 is 0. The number of fused-ring (bicyclic) bond motifs is 3. The molecule has 8 nitrogen and oxygen atoms in total. The number of methoxy groups -OCH3 is 1. The number of rotatable bonds is 6. The van der Waals surface area contributed by atoms with Crippen molar-refractivity contribution in [3.8, 4) is 5.75 Å². The molecule has 0 spiro atoms. The number of amides is 3. The summed E-state index contributed by atoms with van der Waals surface area (Å²) in [5.74, 6) is -1.97. The summed E-state index contributed by atoms with van der Waals surface area (Å²) in [6.45, 7) is 4.53. The monoisotopic (exact) mass is 516 g/mol. The van der Waals surface area contributed by atoms with Gasteiger partial charge < -0.3 is 14.6 Å². The van der Waals surface area contributed by atoms with E-state index in [0.29, 0.717) is 30.8 Å². The van der Waals surface area contributed by atoms with Crippen LogP contribution < -0.4 is 0 Å². The molecule has 3 amide bonds. The Bertz CT molecular complexity index is 1300. The third-order valence-corrected chi connectivity index (χ3v) is 7.90. The van der Waals surface area contributed by atoms with Crippen molar-refractivity contribution in [3.05, 3.63) is 71.1 Å². The summed E-state index contributed by atoms with van der Waals surface area (Å²) in [6.07, 6.45) is 4.52. The van der Waals surface area contributed by atoms with Crippen LogP contribution in [-0.4, -0.2) is 52.7 Å². The molecule has 8 heteroatoms. The van der Waals surface area contributed by atoms with Crippen molar-refractivity contribution >= 4 is 29.6 Å². The van der Waals surface area contributed by atoms with E-state index in [-0.39, 0.29) is 23.7 Å². The van der Waals surface area contributed by atoms with E-state index in [1.54, 1.807) is 18.3 Å². The van der Waals surface area contributed by atoms with Gasteiger partial charge in [0.15, 0.2) is 0 Å². The van der Waals surface area contributed by atoms with Crippen LogP contribution in [0.5, 0.6) is 5.75 Å². The van der Waals surface area contributed by atoms with Crippen LogP contribution in [0.2, 0.25) is 0 Å². The zero-order valence-electron chi connectivity index (χ0n) is 21.8. The van der Waals surface area contributed by atoms with Gasteiger partial charge in [-0.25, -0.2) is 4.79 Å². The van der Waals surface area contributed by atoms with Gasteiger partial charge in [-0.2, -0.15) is 4.90 Å². The number of phenols is 1. The Balaban J connectivity index is 1.43. The number of carbonyl (C=O) groups is 3. The second kappa shape index (κ2) is 10.5. The molecule has 3 aliphatic rings. The second-order valence-electron chi connectivity index (χ2n) is 10.4. The maximum atomic E-state index is 13.2. The lowest BCUT2D eigenvalue weighted by Crippen LogP contribution is -2.38. The van der Waals surface area contributed by atoms with E-state index in [9.17, 15) is 19.5 Å². The lowest BCUT2D eigenvalue weighted by atomic mass is 9.67. The quantitative estimate of drug-likeness (QED) is 0.432. The number of nitrogens with zero attached hydrogens (tertiary/aromatic N) is 2. The number of phenolic OH excluding ortho intramolecular Hbond substituents is 1. The molecule has 0 bridgehead atoms. The Hall–Kier alpha value is -3.78. The SMILES string of the molecule is COC(=O)N1C(=O)[C@@H]2[C@@H](CC(C(C)C)=C3[C@@H](CC/C(=C/c4ccc(O)cc4)c4ccccn4)OC[C@@H]32)C1=O. The maximum Gasteiger partial charge on any atom is 0.423 e. The van der Waals surface area contributed by atoms with Gasteiger partial charge in [-0.05, 0) is 72.2 Å². The molecule has 1 N–H and O–H groups in total. The average molecular weight is 517 g/mol. The third-order valence-electron chi connectivity index (χ3n) is 7.90. The smallest absolute Gasteiger partial charge is 0.423 e. The Morgan fingerprint density at radius 2 is 1.92 bits per heavy atom. The lowest BCUT2D eigenvalue weighted by Gasteiger charge is -2.33. The fourth-order valence-corrected chi connectivity index (χ4v) is 6.12. The van der Waals surface area contributed by atoms with E-state index < -0.39 is 29.7 Å². The van der Waals surface area contributed by atoms with Crippen molar-refractivity contribution in [1.29, 1.82) is 0 Å². The van der Waals surface area contributed by atoms with Gasteiger partial charge in [-0.1, -0.05) is 37.6 Å². The summed E-state index contributed by atoms with van der Waals surface area (Å²) in [5.41, 5.74) is 5.11. The van der Waals surface area contributed by atoms with Gasteiger partial charge in [-0.3, -0.25) is 14.6 Å². The van der Waals surface area contributed by atoms with Gasteiger partial charge in [0.2, 0.25) is 11.8 Å². The molecule has 0 unspecified atom stereocenters. The van der Waals surface area contributed by atoms with Crippen LogP contribution in [0.15, 0.2) is 59.8 Å². The topological polar surface area (TPSA) is 106 Å². The van der Waals surface area contributed by atoms with Crippen LogP contribution in [0.25, 0.3) is 11.6 Å². The van der Waals surface area contributed by atoms with Gasteiger partial charge in [-0.15, -0.1) is 0 Å². The molecule has 1 aromatic carbocycles. The maximum absolute atomic E-state index is 13.2. The van der Waals surface area contributed by atoms with E-state index in [1.165, 1.54) is 7.11 Å². The normalized spacial score (nSPS) is 25.2. The van der Waals surface area contributed by atoms with Crippen molar-refractivity contribution in [1.82, 2.24) is 9.88 Å². The number of aromatic hydroxyl groups is 1. The molecule has 1 aliphatic carbocycles. The van der Waals surface area contributed by atoms with Crippen molar-refractivity contribution in [2.45, 2.75) is 39.2 Å². The summed E-state index contributed by atoms with van der Waals surface area (Å²) in [6, 6.07) is 12.8. The van der Waals surface area contributed by atoms with Gasteiger partial charge in [0, 0.05) is 12.1 Å². The minimum absolute atomic E-state index is 0.176. The van der Waals surface area contributed by atoms with Gasteiger partial charge in [0.1, 0.15) is 5.75 Å². The summed E-state index contributed by atoms with van der Waals surface area (Å²) in [5, 5.41) is 9.67. The average Bonchev–Trinajstić information content (AvgIpc) is 3.45. The van der Waals surface area contributed by atoms with Gasteiger partial charge in [0.25, 0.3) is 0 Å². The van der Waals surface area contributed by atoms with Crippen LogP contribution in [-0.2, 0) is 19.1 Å². The Morgan fingerprint density at radius 1 is 1.16 bits per heavy atom.